The molecule has 0 spiro atoms. The number of hydrogen-bond donors (Lipinski definition) is 2. The van der Waals surface area contributed by atoms with Gasteiger partial charge in [-0.2, -0.15) is 0 Å². The summed E-state index contributed by atoms with van der Waals surface area (Å²) in [6, 6.07) is 5.25. The molecule has 1 aromatic carbocycles. The van der Waals surface area contributed by atoms with Crippen LogP contribution in [0, 0.1) is 0 Å². The lowest BCUT2D eigenvalue weighted by molar-refractivity contribution is -0.138. The number of hydrogen-bond acceptors (Lipinski definition) is 3. The van der Waals surface area contributed by atoms with Crippen LogP contribution >= 0.6 is 0 Å². The molecule has 0 saturated carbocycles. The minimum Gasteiger partial charge on any atom is -0.480 e. The van der Waals surface area contributed by atoms with Crippen LogP contribution in [0.3, 0.4) is 0 Å². The Morgan fingerprint density at radius 2 is 2.38 bits per heavy atom. The molecule has 86 valence electrons. The first-order valence-electron chi connectivity index (χ1n) is 5.52. The molecule has 1 aliphatic rings. The number of nitrogens with two attached hydrogens (primary N) is 1. The van der Waals surface area contributed by atoms with Gasteiger partial charge in [0.05, 0.1) is 0 Å². The monoisotopic (exact) mass is 220 g/mol. The van der Waals surface area contributed by atoms with Crippen molar-refractivity contribution in [3.05, 3.63) is 23.8 Å². The van der Waals surface area contributed by atoms with Crippen LogP contribution in [0.15, 0.2) is 18.2 Å². The molecule has 1 unspecified atom stereocenters. The molecule has 3 N–H and O–H groups in total. The topological polar surface area (TPSA) is 66.6 Å². The van der Waals surface area contributed by atoms with Crippen molar-refractivity contribution < 1.29 is 9.90 Å². The van der Waals surface area contributed by atoms with Crippen molar-refractivity contribution in [1.82, 2.24) is 0 Å². The third-order valence-corrected chi connectivity index (χ3v) is 3.15. The first-order valence-corrected chi connectivity index (χ1v) is 5.52. The molecule has 0 aromatic heterocycles. The van der Waals surface area contributed by atoms with Gasteiger partial charge >= 0.3 is 5.97 Å². The third kappa shape index (κ3) is 1.60. The average molecular weight is 220 g/mol. The maximum absolute atomic E-state index is 11.1. The fraction of sp³-hybridized carbons (Fsp3) is 0.417. The second-order valence-electron chi connectivity index (χ2n) is 4.05. The summed E-state index contributed by atoms with van der Waals surface area (Å²) in [6.07, 6.45) is 1.44. The van der Waals surface area contributed by atoms with Gasteiger partial charge in [-0.25, -0.2) is 4.79 Å². The highest BCUT2D eigenvalue weighted by molar-refractivity contribution is 5.81. The lowest BCUT2D eigenvalue weighted by Crippen LogP contribution is -2.39. The van der Waals surface area contributed by atoms with Gasteiger partial charge in [0.15, 0.2) is 0 Å². The lowest BCUT2D eigenvalue weighted by atomic mass is 10.1. The zero-order valence-corrected chi connectivity index (χ0v) is 9.31. The molecule has 0 radical (unpaired) electrons. The van der Waals surface area contributed by atoms with Crippen molar-refractivity contribution in [3.8, 4) is 0 Å². The molecule has 2 rings (SSSR count). The smallest absolute Gasteiger partial charge is 0.326 e. The van der Waals surface area contributed by atoms with E-state index in [1.807, 2.05) is 30.0 Å². The molecule has 4 heteroatoms. The molecular weight excluding hydrogens is 204 g/mol. The molecule has 1 heterocycles. The zero-order valence-electron chi connectivity index (χ0n) is 9.31. The van der Waals surface area contributed by atoms with Crippen molar-refractivity contribution in [3.63, 3.8) is 0 Å². The summed E-state index contributed by atoms with van der Waals surface area (Å²) >= 11 is 0. The van der Waals surface area contributed by atoms with Gasteiger partial charge in [-0.15, -0.1) is 0 Å². The van der Waals surface area contributed by atoms with Crippen LogP contribution in [0.4, 0.5) is 11.4 Å². The van der Waals surface area contributed by atoms with E-state index in [0.717, 1.165) is 29.9 Å². The van der Waals surface area contributed by atoms with Gasteiger partial charge in [0.2, 0.25) is 0 Å². The number of fused-ring (bicyclic) bond motifs is 1. The summed E-state index contributed by atoms with van der Waals surface area (Å²) in [5, 5.41) is 9.16. The van der Waals surface area contributed by atoms with Crippen molar-refractivity contribution in [2.45, 2.75) is 25.8 Å². The van der Waals surface area contributed by atoms with E-state index in [1.165, 1.54) is 0 Å². The van der Waals surface area contributed by atoms with Crippen LogP contribution in [-0.2, 0) is 11.2 Å². The Kier molecular flexibility index (Phi) is 2.73. The van der Waals surface area contributed by atoms with Crippen molar-refractivity contribution in [2.24, 2.45) is 0 Å². The van der Waals surface area contributed by atoms with Crippen LogP contribution in [0.5, 0.6) is 0 Å². The molecule has 0 saturated heterocycles. The van der Waals surface area contributed by atoms with E-state index in [2.05, 4.69) is 0 Å². The molecule has 0 amide bonds. The fourth-order valence-corrected chi connectivity index (χ4v) is 2.34. The van der Waals surface area contributed by atoms with Crippen LogP contribution in [0.25, 0.3) is 0 Å². The van der Waals surface area contributed by atoms with Gasteiger partial charge in [0, 0.05) is 23.5 Å². The number of carbonyl (C=O) groups is 1. The molecule has 1 atom stereocenters. The standard InChI is InChI=1S/C12H16N2O2/c1-2-10(12(15)16)14-7-6-8-9(13)4-3-5-11(8)14/h3-5,10H,2,6-7,13H2,1H3,(H,15,16). The zero-order chi connectivity index (χ0) is 11.7. The number of nitrogens with zero attached hydrogens (tertiary/aromatic N) is 1. The molecule has 0 bridgehead atoms. The highest BCUT2D eigenvalue weighted by Crippen LogP contribution is 2.33. The van der Waals surface area contributed by atoms with Gasteiger partial charge in [0.25, 0.3) is 0 Å². The van der Waals surface area contributed by atoms with Crippen molar-refractivity contribution in [2.75, 3.05) is 17.2 Å². The van der Waals surface area contributed by atoms with Crippen molar-refractivity contribution >= 4 is 17.3 Å². The first kappa shape index (κ1) is 10.8. The Balaban J connectivity index is 2.36. The fourth-order valence-electron chi connectivity index (χ4n) is 2.34. The SMILES string of the molecule is CCC(C(=O)O)N1CCc2c(N)cccc21. The Labute approximate surface area is 94.7 Å². The normalized spacial score (nSPS) is 15.9. The van der Waals surface area contributed by atoms with E-state index in [-0.39, 0.29) is 0 Å². The summed E-state index contributed by atoms with van der Waals surface area (Å²) in [5.41, 5.74) is 8.71. The molecule has 0 fully saturated rings. The third-order valence-electron chi connectivity index (χ3n) is 3.15. The number of rotatable bonds is 3. The van der Waals surface area contributed by atoms with Gasteiger partial charge < -0.3 is 15.7 Å². The number of nitrogen functional groups attached to an aromatic ring is 1. The predicted octanol–water partition coefficient (Wildman–Crippen LogP) is 1.49. The van der Waals surface area contributed by atoms with Gasteiger partial charge in [0.1, 0.15) is 6.04 Å². The lowest BCUT2D eigenvalue weighted by Gasteiger charge is -2.26. The van der Waals surface area contributed by atoms with Gasteiger partial charge in [-0.1, -0.05) is 13.0 Å². The van der Waals surface area contributed by atoms with E-state index < -0.39 is 12.0 Å². The largest absolute Gasteiger partial charge is 0.480 e. The second kappa shape index (κ2) is 4.04. The minimum atomic E-state index is -0.766. The Bertz CT molecular complexity index is 417. The molecule has 1 aliphatic heterocycles. The summed E-state index contributed by atoms with van der Waals surface area (Å²) in [4.78, 5) is 13.1. The Morgan fingerprint density at radius 3 is 3.00 bits per heavy atom. The van der Waals surface area contributed by atoms with Gasteiger partial charge in [-0.05, 0) is 25.0 Å². The number of aliphatic carboxylic acids is 1. The van der Waals surface area contributed by atoms with Gasteiger partial charge in [-0.3, -0.25) is 0 Å². The molecule has 1 aromatic rings. The minimum absolute atomic E-state index is 0.442. The highest BCUT2D eigenvalue weighted by Gasteiger charge is 2.30. The molecule has 4 nitrogen and oxygen atoms in total. The number of anilines is 2. The molecule has 16 heavy (non-hydrogen) atoms. The number of benzene rings is 1. The second-order valence-corrected chi connectivity index (χ2v) is 4.05. The average Bonchev–Trinajstić information content (AvgIpc) is 2.64. The van der Waals surface area contributed by atoms with Crippen LogP contribution < -0.4 is 10.6 Å². The Morgan fingerprint density at radius 1 is 1.62 bits per heavy atom. The first-order chi connectivity index (χ1) is 7.65. The van der Waals surface area contributed by atoms with Crippen molar-refractivity contribution in [1.29, 1.82) is 0 Å². The van der Waals surface area contributed by atoms with Crippen LogP contribution in [0.2, 0.25) is 0 Å². The number of carboxylic acid groups (broad SMARTS) is 1. The van der Waals surface area contributed by atoms with E-state index in [4.69, 9.17) is 10.8 Å². The maximum Gasteiger partial charge on any atom is 0.326 e. The maximum atomic E-state index is 11.1. The van der Waals surface area contributed by atoms with E-state index in [9.17, 15) is 4.79 Å². The highest BCUT2D eigenvalue weighted by atomic mass is 16.4. The summed E-state index contributed by atoms with van der Waals surface area (Å²) in [7, 11) is 0. The van der Waals surface area contributed by atoms with Crippen LogP contribution in [0.1, 0.15) is 18.9 Å². The van der Waals surface area contributed by atoms with E-state index >= 15 is 0 Å². The summed E-state index contributed by atoms with van der Waals surface area (Å²) < 4.78 is 0. The van der Waals surface area contributed by atoms with Crippen LogP contribution in [-0.4, -0.2) is 23.7 Å². The Hall–Kier alpha value is -1.71. The molecule has 0 aliphatic carbocycles. The molecular formula is C12H16N2O2. The predicted molar refractivity (Wildman–Crippen MR) is 63.6 cm³/mol. The summed E-state index contributed by atoms with van der Waals surface area (Å²) in [5.74, 6) is -0.766. The number of carboxylic acids is 1. The summed E-state index contributed by atoms with van der Waals surface area (Å²) in [6.45, 7) is 2.64. The van der Waals surface area contributed by atoms with E-state index in [1.54, 1.807) is 0 Å². The quantitative estimate of drug-likeness (QED) is 0.757. The van der Waals surface area contributed by atoms with E-state index in [0.29, 0.717) is 6.42 Å².